The number of fused-ring (bicyclic) bond motifs is 1. The monoisotopic (exact) mass is 441 g/mol. The molecule has 1 aliphatic rings. The van der Waals surface area contributed by atoms with Crippen LogP contribution in [0.3, 0.4) is 0 Å². The van der Waals surface area contributed by atoms with E-state index >= 15 is 0 Å². The molecule has 0 bridgehead atoms. The van der Waals surface area contributed by atoms with Crippen molar-refractivity contribution in [3.63, 3.8) is 0 Å². The molecule has 0 saturated carbocycles. The van der Waals surface area contributed by atoms with E-state index in [1.54, 1.807) is 13.8 Å². The average Bonchev–Trinajstić information content (AvgIpc) is 2.80. The van der Waals surface area contributed by atoms with Crippen molar-refractivity contribution in [1.29, 1.82) is 0 Å². The van der Waals surface area contributed by atoms with Crippen molar-refractivity contribution in [1.82, 2.24) is 14.9 Å². The van der Waals surface area contributed by atoms with Crippen molar-refractivity contribution in [3.05, 3.63) is 51.5 Å². The second-order valence-electron chi connectivity index (χ2n) is 7.53. The molecule has 0 radical (unpaired) electrons. The minimum Gasteiger partial charge on any atom is -0.501 e. The molecule has 3 rings (SSSR count). The van der Waals surface area contributed by atoms with E-state index in [2.05, 4.69) is 10.3 Å². The number of amides is 1. The molecular formula is C18H21FN3O7P. The van der Waals surface area contributed by atoms with Gasteiger partial charge in [0, 0.05) is 12.0 Å². The smallest absolute Gasteiger partial charge is 0.356 e. The van der Waals surface area contributed by atoms with E-state index in [0.717, 1.165) is 12.1 Å². The summed E-state index contributed by atoms with van der Waals surface area (Å²) in [4.78, 5) is 48.2. The first-order chi connectivity index (χ1) is 13.9. The highest BCUT2D eigenvalue weighted by atomic mass is 31.2. The summed E-state index contributed by atoms with van der Waals surface area (Å²) < 4.78 is 31.7. The Kier molecular flexibility index (Phi) is 5.83. The number of carbonyl (C=O) groups is 1. The Balaban J connectivity index is 1.94. The van der Waals surface area contributed by atoms with Gasteiger partial charge in [-0.05, 0) is 17.7 Å². The van der Waals surface area contributed by atoms with E-state index in [-0.39, 0.29) is 37.7 Å². The van der Waals surface area contributed by atoms with Crippen molar-refractivity contribution >= 4 is 18.8 Å². The van der Waals surface area contributed by atoms with Crippen LogP contribution in [0, 0.1) is 5.82 Å². The SMILES string of the molecule is CC1(C)COCCn2c1nc(C(=O)NCc1ccc(F)cc1P(=O)(O)O)c(O)c2=O. The van der Waals surface area contributed by atoms with Gasteiger partial charge in [0.25, 0.3) is 11.5 Å². The summed E-state index contributed by atoms with van der Waals surface area (Å²) in [6.07, 6.45) is 0. The van der Waals surface area contributed by atoms with Crippen molar-refractivity contribution in [2.45, 2.75) is 32.4 Å². The van der Waals surface area contributed by atoms with Gasteiger partial charge in [0.05, 0.1) is 25.1 Å². The second-order valence-corrected chi connectivity index (χ2v) is 9.10. The zero-order chi connectivity index (χ0) is 22.3. The highest BCUT2D eigenvalue weighted by molar-refractivity contribution is 7.60. The number of ether oxygens (including phenoxy) is 1. The van der Waals surface area contributed by atoms with Gasteiger partial charge in [-0.2, -0.15) is 0 Å². The van der Waals surface area contributed by atoms with E-state index in [1.807, 2.05) is 0 Å². The lowest BCUT2D eigenvalue weighted by molar-refractivity contribution is 0.0939. The number of carbonyl (C=O) groups excluding carboxylic acids is 1. The summed E-state index contributed by atoms with van der Waals surface area (Å²) in [5.41, 5.74) is -2.02. The first-order valence-corrected chi connectivity index (χ1v) is 10.6. The molecule has 0 saturated heterocycles. The molecule has 0 spiro atoms. The zero-order valence-electron chi connectivity index (χ0n) is 16.3. The molecule has 162 valence electrons. The van der Waals surface area contributed by atoms with Crippen LogP contribution < -0.4 is 16.2 Å². The van der Waals surface area contributed by atoms with Gasteiger partial charge in [-0.15, -0.1) is 0 Å². The maximum Gasteiger partial charge on any atom is 0.356 e. The number of hydrogen-bond acceptors (Lipinski definition) is 6. The van der Waals surface area contributed by atoms with Gasteiger partial charge < -0.3 is 24.9 Å². The van der Waals surface area contributed by atoms with Crippen molar-refractivity contribution < 1.29 is 33.4 Å². The first-order valence-electron chi connectivity index (χ1n) is 8.96. The molecule has 2 heterocycles. The maximum absolute atomic E-state index is 13.4. The van der Waals surface area contributed by atoms with Crippen LogP contribution in [0.25, 0.3) is 0 Å². The van der Waals surface area contributed by atoms with Gasteiger partial charge in [-0.3, -0.25) is 18.7 Å². The highest BCUT2D eigenvalue weighted by Gasteiger charge is 2.33. The van der Waals surface area contributed by atoms with Gasteiger partial charge in [0.15, 0.2) is 5.69 Å². The molecule has 0 aliphatic carbocycles. The molecule has 1 aromatic heterocycles. The number of nitrogens with zero attached hydrogens (tertiary/aromatic N) is 2. The Bertz CT molecular complexity index is 1110. The molecule has 30 heavy (non-hydrogen) atoms. The normalized spacial score (nSPS) is 15.9. The predicted octanol–water partition coefficient (Wildman–Crippen LogP) is 0.129. The zero-order valence-corrected chi connectivity index (χ0v) is 17.1. The summed E-state index contributed by atoms with van der Waals surface area (Å²) in [6, 6.07) is 2.81. The fourth-order valence-electron chi connectivity index (χ4n) is 3.19. The van der Waals surface area contributed by atoms with Gasteiger partial charge in [-0.1, -0.05) is 19.9 Å². The van der Waals surface area contributed by atoms with E-state index in [9.17, 15) is 33.4 Å². The minimum absolute atomic E-state index is 0.0159. The molecule has 1 aromatic carbocycles. The number of nitrogens with one attached hydrogen (secondary N) is 1. The number of benzene rings is 1. The van der Waals surface area contributed by atoms with Gasteiger partial charge in [0.1, 0.15) is 11.6 Å². The molecule has 4 N–H and O–H groups in total. The number of aromatic nitrogens is 2. The fourth-order valence-corrected chi connectivity index (χ4v) is 4.01. The fraction of sp³-hybridized carbons (Fsp3) is 0.389. The van der Waals surface area contributed by atoms with Crippen LogP contribution >= 0.6 is 7.60 Å². The first kappa shape index (κ1) is 22.1. The summed E-state index contributed by atoms with van der Waals surface area (Å²) in [5.74, 6) is -2.34. The Morgan fingerprint density at radius 1 is 1.40 bits per heavy atom. The van der Waals surface area contributed by atoms with Crippen molar-refractivity contribution in [3.8, 4) is 5.75 Å². The number of hydrogen-bond donors (Lipinski definition) is 4. The summed E-state index contributed by atoms with van der Waals surface area (Å²) in [7, 11) is -4.79. The molecule has 10 nitrogen and oxygen atoms in total. The van der Waals surface area contributed by atoms with Crippen LogP contribution in [0.4, 0.5) is 4.39 Å². The van der Waals surface area contributed by atoms with Gasteiger partial charge in [-0.25, -0.2) is 9.37 Å². The topological polar surface area (TPSA) is 151 Å². The molecule has 0 fully saturated rings. The third-order valence-corrected chi connectivity index (χ3v) is 5.73. The highest BCUT2D eigenvalue weighted by Crippen LogP contribution is 2.35. The Morgan fingerprint density at radius 3 is 2.77 bits per heavy atom. The van der Waals surface area contributed by atoms with E-state index in [1.165, 1.54) is 4.57 Å². The van der Waals surface area contributed by atoms with Crippen LogP contribution in [-0.2, 0) is 27.8 Å². The summed E-state index contributed by atoms with van der Waals surface area (Å²) >= 11 is 0. The third-order valence-electron chi connectivity index (χ3n) is 4.69. The quantitative estimate of drug-likeness (QED) is 0.489. The van der Waals surface area contributed by atoms with E-state index < -0.39 is 47.0 Å². The molecule has 12 heteroatoms. The Labute approximate surface area is 170 Å². The van der Waals surface area contributed by atoms with E-state index in [4.69, 9.17) is 4.74 Å². The maximum atomic E-state index is 13.4. The van der Waals surface area contributed by atoms with Crippen molar-refractivity contribution in [2.24, 2.45) is 0 Å². The molecule has 0 unspecified atom stereocenters. The standard InChI is InChI=1S/C18H21FN3O7P/c1-18(2)9-29-6-5-22-16(25)14(23)13(21-17(18)22)15(24)20-8-10-3-4-11(19)7-12(10)30(26,27)28/h3-4,7,23H,5-6,8-9H2,1-2H3,(H,20,24)(H2,26,27,28). The largest absolute Gasteiger partial charge is 0.501 e. The Hall–Kier alpha value is -2.59. The van der Waals surface area contributed by atoms with Crippen molar-refractivity contribution in [2.75, 3.05) is 13.2 Å². The van der Waals surface area contributed by atoms with Crippen LogP contribution in [0.2, 0.25) is 0 Å². The third kappa shape index (κ3) is 4.29. The number of halogens is 1. The molecule has 2 aromatic rings. The van der Waals surface area contributed by atoms with E-state index in [0.29, 0.717) is 6.07 Å². The van der Waals surface area contributed by atoms with Crippen LogP contribution in [0.15, 0.2) is 23.0 Å². The summed E-state index contributed by atoms with van der Waals surface area (Å²) in [6.45, 7) is 3.85. The van der Waals surface area contributed by atoms with Crippen LogP contribution in [-0.4, -0.2) is 43.6 Å². The second kappa shape index (κ2) is 7.92. The van der Waals surface area contributed by atoms with Crippen LogP contribution in [0.5, 0.6) is 5.75 Å². The molecule has 1 amide bonds. The minimum atomic E-state index is -4.79. The van der Waals surface area contributed by atoms with Gasteiger partial charge in [0.2, 0.25) is 5.75 Å². The molecule has 0 atom stereocenters. The lowest BCUT2D eigenvalue weighted by Crippen LogP contribution is -2.36. The average molecular weight is 441 g/mol. The lowest BCUT2D eigenvalue weighted by atomic mass is 9.93. The molecule has 1 aliphatic heterocycles. The number of rotatable bonds is 4. The predicted molar refractivity (Wildman–Crippen MR) is 103 cm³/mol. The number of aromatic hydroxyl groups is 1. The summed E-state index contributed by atoms with van der Waals surface area (Å²) in [5, 5.41) is 12.0. The Morgan fingerprint density at radius 2 is 2.10 bits per heavy atom. The lowest BCUT2D eigenvalue weighted by Gasteiger charge is -2.24. The molecular weight excluding hydrogens is 420 g/mol. The van der Waals surface area contributed by atoms with Gasteiger partial charge >= 0.3 is 7.60 Å². The van der Waals surface area contributed by atoms with Crippen LogP contribution in [0.1, 0.15) is 35.7 Å².